The van der Waals surface area contributed by atoms with Crippen LogP contribution in [0.15, 0.2) is 15.0 Å². The lowest BCUT2D eigenvalue weighted by molar-refractivity contribution is -0.147. The van der Waals surface area contributed by atoms with Gasteiger partial charge in [-0.1, -0.05) is 13.8 Å². The molecule has 121 heavy (non-hydrogen) atoms. The highest BCUT2D eigenvalue weighted by atomic mass is 16.4. The zero-order valence-corrected chi connectivity index (χ0v) is 68.7. The summed E-state index contributed by atoms with van der Waals surface area (Å²) in [5, 5.41) is 89.6. The number of aliphatic carboxylic acids is 3. The molecule has 0 bridgehead atoms. The van der Waals surface area contributed by atoms with Gasteiger partial charge in [0.15, 0.2) is 17.9 Å². The Morgan fingerprint density at radius 1 is 0.397 bits per heavy atom. The smallest absolute Gasteiger partial charge is 0.326 e. The minimum Gasteiger partial charge on any atom is -0.481 e. The standard InChI is InChI=1S/C71H124N26O24/c1-33(2)30-44(60(112)92-45(31-51(104)105)67(119)97-29-13-19-48(97)63(115)90-43(68(120)121)17-11-27-83-71(79)80)91-65(117)53(37(6)100)95-55(107)35(4)85-58(110)40(20-22-49(74)101)88-64(116)52(36(5)99)94-54(106)34(3)84-57(109)39(15-7-8-24-72)86-61(113)46(32-98)93-59(111)41(21-23-50(102)103)87-62(114)47-18-12-28-96(47)66(118)42(16-10-26-82-70(77)78)89-56(108)38(73)14-9-25-81-69(75)76/h33-48,52-53,98-100H,7-32,72-73H2,1-6H3,(H2,74,101)(H,84,109)(H,85,110)(H,86,113)(H,87,114)(H,88,116)(H,89,108)(H,90,115)(H,91,117)(H,92,112)(H,93,111)(H,94,106)(H,95,107)(H,102,103)(H,104,105)(H,120,121)(H4,75,76,81)(H4,77,78,82)(H4,79,80,83)/t34-,35-,36+,37+,38-,39-,40-,41-,42-,43-,44-,45-,46-,47-,48-,52-,53-/m0/s1. The van der Waals surface area contributed by atoms with Gasteiger partial charge in [-0.25, -0.2) is 4.79 Å². The molecule has 50 nitrogen and oxygen atoms in total. The number of guanidine groups is 3. The normalized spacial score (nSPS) is 17.3. The number of carbonyl (C=O) groups excluding carboxylic acids is 15. The van der Waals surface area contributed by atoms with E-state index in [2.05, 4.69) is 78.8 Å². The maximum Gasteiger partial charge on any atom is 0.326 e. The lowest BCUT2D eigenvalue weighted by Gasteiger charge is -2.30. The van der Waals surface area contributed by atoms with Crippen LogP contribution in [0, 0.1) is 5.92 Å². The molecule has 2 fully saturated rings. The molecule has 2 rings (SSSR count). The Bertz CT molecular complexity index is 3670. The number of carbonyl (C=O) groups is 18. The first-order valence-corrected chi connectivity index (χ1v) is 39.5. The molecule has 0 spiro atoms. The van der Waals surface area contributed by atoms with Crippen LogP contribution in [-0.2, 0) is 86.3 Å². The van der Waals surface area contributed by atoms with Crippen LogP contribution in [0.3, 0.4) is 0 Å². The van der Waals surface area contributed by atoms with Crippen LogP contribution < -0.4 is 115 Å². The highest BCUT2D eigenvalue weighted by Gasteiger charge is 2.44. The molecule has 0 aromatic heterocycles. The van der Waals surface area contributed by atoms with Crippen LogP contribution in [0.5, 0.6) is 0 Å². The van der Waals surface area contributed by atoms with Gasteiger partial charge in [0.2, 0.25) is 88.6 Å². The van der Waals surface area contributed by atoms with E-state index in [1.54, 1.807) is 13.8 Å². The summed E-state index contributed by atoms with van der Waals surface area (Å²) in [6, 6.07) is -24.2. The maximum atomic E-state index is 14.3. The van der Waals surface area contributed by atoms with Crippen LogP contribution in [0.25, 0.3) is 0 Å². The Kier molecular flexibility index (Phi) is 46.6. The summed E-state index contributed by atoms with van der Waals surface area (Å²) in [4.78, 5) is 257. The molecule has 0 aliphatic carbocycles. The average molecular weight is 1730 g/mol. The van der Waals surface area contributed by atoms with E-state index in [4.69, 9.17) is 51.6 Å². The van der Waals surface area contributed by atoms with Gasteiger partial charge in [-0.3, -0.25) is 96.5 Å². The zero-order valence-electron chi connectivity index (χ0n) is 68.7. The molecule has 682 valence electrons. The second-order valence-corrected chi connectivity index (χ2v) is 29.7. The second-order valence-electron chi connectivity index (χ2n) is 29.7. The molecule has 0 radical (unpaired) electrons. The van der Waals surface area contributed by atoms with Gasteiger partial charge >= 0.3 is 17.9 Å². The number of primary amides is 1. The van der Waals surface area contributed by atoms with Crippen LogP contribution >= 0.6 is 0 Å². The molecule has 0 aromatic rings. The van der Waals surface area contributed by atoms with Crippen molar-refractivity contribution in [2.75, 3.05) is 45.9 Å². The number of hydrogen-bond donors (Lipinski definition) is 27. The summed E-state index contributed by atoms with van der Waals surface area (Å²) in [5.74, 6) is -21.5. The second kappa shape index (κ2) is 53.6. The number of unbranched alkanes of at least 4 members (excludes halogenated alkanes) is 1. The summed E-state index contributed by atoms with van der Waals surface area (Å²) in [7, 11) is 0. The Labute approximate surface area is 697 Å². The summed E-state index contributed by atoms with van der Waals surface area (Å²) < 4.78 is 0. The van der Waals surface area contributed by atoms with Crippen molar-refractivity contribution in [2.45, 2.75) is 266 Å². The van der Waals surface area contributed by atoms with Gasteiger partial charge in [-0.05, 0) is 143 Å². The Hall–Kier alpha value is -11.9. The molecule has 2 aliphatic heterocycles. The van der Waals surface area contributed by atoms with E-state index < -0.39 is 254 Å². The fourth-order valence-electron chi connectivity index (χ4n) is 12.6. The first-order chi connectivity index (χ1) is 56.7. The molecule has 2 aliphatic rings. The van der Waals surface area contributed by atoms with Gasteiger partial charge in [0.1, 0.15) is 84.6 Å². The van der Waals surface area contributed by atoms with E-state index in [1.807, 2.05) is 0 Å². The number of aliphatic hydroxyl groups is 3. The zero-order chi connectivity index (χ0) is 91.7. The van der Waals surface area contributed by atoms with Gasteiger partial charge in [0.25, 0.3) is 0 Å². The van der Waals surface area contributed by atoms with Gasteiger partial charge in [0, 0.05) is 45.6 Å². The first-order valence-electron chi connectivity index (χ1n) is 39.5. The minimum atomic E-state index is -1.98. The summed E-state index contributed by atoms with van der Waals surface area (Å²) in [6.45, 7) is 6.62. The van der Waals surface area contributed by atoms with Gasteiger partial charge in [0.05, 0.1) is 31.3 Å². The van der Waals surface area contributed by atoms with Crippen LogP contribution in [-0.4, -0.2) is 314 Å². The molecule has 50 heteroatoms. The van der Waals surface area contributed by atoms with Crippen molar-refractivity contribution < 1.29 is 117 Å². The van der Waals surface area contributed by atoms with Crippen molar-refractivity contribution >= 4 is 124 Å². The third-order valence-corrected chi connectivity index (χ3v) is 19.1. The SMILES string of the molecule is CC(C)C[C@H](NC(=O)[C@@H](NC(=O)[C@H](C)NC(=O)[C@H](CCC(N)=O)NC(=O)[C@@H](NC(=O)[C@H](C)NC(=O)[C@H](CCCCN)NC(=O)[C@H](CO)NC(=O)[C@H](CCC(=O)O)NC(=O)[C@@H]1CCCN1C(=O)[C@H](CCCN=C(N)N)NC(=O)[C@@H](N)CCCN=C(N)N)[C@@H](C)O)[C@@H](C)O)C(=O)N[C@@H](CC(=O)O)C(=O)N1CCC[C@H]1C(=O)N[C@@H](CCCN=C(N)N)C(=O)O. The van der Waals surface area contributed by atoms with E-state index >= 15 is 0 Å². The molecule has 0 aromatic carbocycles. The third-order valence-electron chi connectivity index (χ3n) is 19.1. The number of amides is 15. The van der Waals surface area contributed by atoms with E-state index in [-0.39, 0.29) is 141 Å². The Morgan fingerprint density at radius 3 is 1.20 bits per heavy atom. The molecular formula is C71H124N26O24. The monoisotopic (exact) mass is 1720 g/mol. The summed E-state index contributed by atoms with van der Waals surface area (Å²) >= 11 is 0. The van der Waals surface area contributed by atoms with Crippen molar-refractivity contribution in [2.24, 2.45) is 72.5 Å². The number of aliphatic imine (C=N–C) groups is 3. The first kappa shape index (κ1) is 105. The number of carboxylic acids is 3. The quantitative estimate of drug-likeness (QED) is 0.0153. The van der Waals surface area contributed by atoms with E-state index in [0.717, 1.165) is 37.5 Å². The number of nitrogens with zero attached hydrogens (tertiary/aromatic N) is 5. The van der Waals surface area contributed by atoms with E-state index in [1.165, 1.54) is 0 Å². The largest absolute Gasteiger partial charge is 0.481 e. The van der Waals surface area contributed by atoms with Crippen molar-refractivity contribution in [1.82, 2.24) is 73.6 Å². The molecule has 15 amide bonds. The average Bonchev–Trinajstić information content (AvgIpc) is 1.73. The number of likely N-dealkylation sites (tertiary alicyclic amines) is 2. The number of rotatable bonds is 56. The number of nitrogens with two attached hydrogens (primary N) is 9. The third kappa shape index (κ3) is 38.3. The molecule has 17 atom stereocenters. The predicted octanol–water partition coefficient (Wildman–Crippen LogP) is -12.1. The fourth-order valence-corrected chi connectivity index (χ4v) is 12.6. The number of nitrogens with one attached hydrogen (secondary N) is 12. The highest BCUT2D eigenvalue weighted by molar-refractivity contribution is 6.01. The Morgan fingerprint density at radius 2 is 0.769 bits per heavy atom. The van der Waals surface area contributed by atoms with Crippen LogP contribution in [0.1, 0.15) is 164 Å². The predicted molar refractivity (Wildman–Crippen MR) is 430 cm³/mol. The molecule has 0 saturated carbocycles. The van der Waals surface area contributed by atoms with Crippen molar-refractivity contribution in [3.63, 3.8) is 0 Å². The van der Waals surface area contributed by atoms with Crippen molar-refractivity contribution in [3.05, 3.63) is 0 Å². The van der Waals surface area contributed by atoms with E-state index in [9.17, 15) is 117 Å². The number of aliphatic hydroxyl groups excluding tert-OH is 3. The highest BCUT2D eigenvalue weighted by Crippen LogP contribution is 2.23. The van der Waals surface area contributed by atoms with Crippen molar-refractivity contribution in [3.8, 4) is 0 Å². The minimum absolute atomic E-state index is 0.00988. The van der Waals surface area contributed by atoms with Crippen LogP contribution in [0.4, 0.5) is 0 Å². The molecule has 36 N–H and O–H groups in total. The topological polar surface area (TPSA) is 851 Å². The molecule has 2 heterocycles. The summed E-state index contributed by atoms with van der Waals surface area (Å²) in [5.41, 5.74) is 49.5. The van der Waals surface area contributed by atoms with Gasteiger partial charge in [-0.15, -0.1) is 0 Å². The van der Waals surface area contributed by atoms with Gasteiger partial charge in [-0.2, -0.15) is 0 Å². The lowest BCUT2D eigenvalue weighted by atomic mass is 10.0. The molecule has 2 saturated heterocycles. The van der Waals surface area contributed by atoms with E-state index in [0.29, 0.717) is 6.42 Å². The number of hydrogen-bond acceptors (Lipinski definition) is 26. The van der Waals surface area contributed by atoms with Crippen molar-refractivity contribution in [1.29, 1.82) is 0 Å². The fraction of sp³-hybridized carbons (Fsp3) is 0.704. The molecular weight excluding hydrogens is 1600 g/mol. The summed E-state index contributed by atoms with van der Waals surface area (Å²) in [6.07, 6.45) is -6.01. The molecule has 0 unspecified atom stereocenters. The number of carboxylic acid groups (broad SMARTS) is 3. The Balaban J connectivity index is 2.31. The maximum absolute atomic E-state index is 14.3. The van der Waals surface area contributed by atoms with Gasteiger partial charge < -0.3 is 156 Å². The lowest BCUT2D eigenvalue weighted by Crippen LogP contribution is -2.62. The van der Waals surface area contributed by atoms with Crippen LogP contribution in [0.2, 0.25) is 0 Å².